The molecule has 1 N–H and O–H groups in total. The van der Waals surface area contributed by atoms with E-state index in [0.717, 1.165) is 16.3 Å². The third-order valence-corrected chi connectivity index (χ3v) is 4.18. The molecule has 0 spiro atoms. The van der Waals surface area contributed by atoms with Crippen molar-refractivity contribution < 1.29 is 9.59 Å². The van der Waals surface area contributed by atoms with E-state index in [1.54, 1.807) is 11.9 Å². The largest absolute Gasteiger partial charge is 0.342 e. The van der Waals surface area contributed by atoms with Crippen molar-refractivity contribution in [2.75, 3.05) is 12.4 Å². The molecule has 0 radical (unpaired) electrons. The molecule has 0 aliphatic carbocycles. The normalized spacial score (nSPS) is 10.5. The molecule has 0 aliphatic heterocycles. The number of benzene rings is 3. The minimum absolute atomic E-state index is 0.00481. The summed E-state index contributed by atoms with van der Waals surface area (Å²) in [4.78, 5) is 25.7. The van der Waals surface area contributed by atoms with Crippen molar-refractivity contribution >= 4 is 28.3 Å². The minimum Gasteiger partial charge on any atom is -0.342 e. The lowest BCUT2D eigenvalue weighted by atomic mass is 10.0. The Morgan fingerprint density at radius 1 is 0.960 bits per heavy atom. The van der Waals surface area contributed by atoms with Crippen molar-refractivity contribution in [3.8, 4) is 0 Å². The summed E-state index contributed by atoms with van der Waals surface area (Å²) >= 11 is 0. The molecular weight excluding hydrogens is 312 g/mol. The van der Waals surface area contributed by atoms with E-state index < -0.39 is 0 Å². The van der Waals surface area contributed by atoms with E-state index in [2.05, 4.69) is 5.32 Å². The standard InChI is InChI=1S/C21H20N2O2/c1-15(24)23(2)14-16-7-5-10-18(13-16)22-21(25)20-12-6-9-17-8-3-4-11-19(17)20/h3-13H,14H2,1-2H3,(H,22,25). The highest BCUT2D eigenvalue weighted by atomic mass is 16.2. The molecule has 0 aliphatic rings. The van der Waals surface area contributed by atoms with Crippen molar-refractivity contribution in [1.29, 1.82) is 0 Å². The van der Waals surface area contributed by atoms with Gasteiger partial charge in [0.05, 0.1) is 0 Å². The summed E-state index contributed by atoms with van der Waals surface area (Å²) in [6, 6.07) is 21.1. The lowest BCUT2D eigenvalue weighted by molar-refractivity contribution is -0.128. The number of carbonyl (C=O) groups excluding carboxylic acids is 2. The van der Waals surface area contributed by atoms with Gasteiger partial charge in [-0.3, -0.25) is 9.59 Å². The van der Waals surface area contributed by atoms with E-state index in [9.17, 15) is 9.59 Å². The van der Waals surface area contributed by atoms with Gasteiger partial charge in [-0.15, -0.1) is 0 Å². The molecule has 0 fully saturated rings. The van der Waals surface area contributed by atoms with Gasteiger partial charge in [0.1, 0.15) is 0 Å². The smallest absolute Gasteiger partial charge is 0.256 e. The van der Waals surface area contributed by atoms with Crippen LogP contribution in [0.25, 0.3) is 10.8 Å². The molecule has 2 amide bonds. The van der Waals surface area contributed by atoms with Gasteiger partial charge in [0.25, 0.3) is 5.91 Å². The van der Waals surface area contributed by atoms with Gasteiger partial charge in [-0.1, -0.05) is 48.5 Å². The number of anilines is 1. The first-order valence-corrected chi connectivity index (χ1v) is 8.14. The molecule has 0 heterocycles. The fourth-order valence-corrected chi connectivity index (χ4v) is 2.75. The minimum atomic E-state index is -0.145. The third-order valence-electron chi connectivity index (χ3n) is 4.18. The number of hydrogen-bond acceptors (Lipinski definition) is 2. The second kappa shape index (κ2) is 7.18. The predicted octanol–water partition coefficient (Wildman–Crippen LogP) is 4.07. The van der Waals surface area contributed by atoms with Crippen LogP contribution in [0.15, 0.2) is 66.7 Å². The molecule has 0 unspecified atom stereocenters. The summed E-state index contributed by atoms with van der Waals surface area (Å²) in [7, 11) is 1.75. The van der Waals surface area contributed by atoms with Gasteiger partial charge in [-0.25, -0.2) is 0 Å². The molecular formula is C21H20N2O2. The first kappa shape index (κ1) is 16.7. The first-order valence-electron chi connectivity index (χ1n) is 8.14. The van der Waals surface area contributed by atoms with Gasteiger partial charge < -0.3 is 10.2 Å². The number of nitrogens with zero attached hydrogens (tertiary/aromatic N) is 1. The van der Waals surface area contributed by atoms with Crippen molar-refractivity contribution in [1.82, 2.24) is 4.90 Å². The molecule has 3 aromatic rings. The van der Waals surface area contributed by atoms with Gasteiger partial charge in [0.15, 0.2) is 0 Å². The Kier molecular flexibility index (Phi) is 4.80. The summed E-state index contributed by atoms with van der Waals surface area (Å²) in [5.74, 6) is -0.140. The number of fused-ring (bicyclic) bond motifs is 1. The van der Waals surface area contributed by atoms with Crippen LogP contribution >= 0.6 is 0 Å². The molecule has 0 aromatic heterocycles. The van der Waals surface area contributed by atoms with E-state index in [1.165, 1.54) is 6.92 Å². The molecule has 25 heavy (non-hydrogen) atoms. The fraction of sp³-hybridized carbons (Fsp3) is 0.143. The monoisotopic (exact) mass is 332 g/mol. The van der Waals surface area contributed by atoms with Crippen LogP contribution in [0.4, 0.5) is 5.69 Å². The third kappa shape index (κ3) is 3.86. The Labute approximate surface area is 147 Å². The highest BCUT2D eigenvalue weighted by Crippen LogP contribution is 2.20. The summed E-state index contributed by atoms with van der Waals surface area (Å²) < 4.78 is 0. The van der Waals surface area contributed by atoms with Crippen molar-refractivity contribution in [3.05, 3.63) is 77.9 Å². The molecule has 0 saturated heterocycles. The lowest BCUT2D eigenvalue weighted by Crippen LogP contribution is -2.23. The number of hydrogen-bond donors (Lipinski definition) is 1. The highest BCUT2D eigenvalue weighted by Gasteiger charge is 2.10. The predicted molar refractivity (Wildman–Crippen MR) is 100 cm³/mol. The van der Waals surface area contributed by atoms with Crippen LogP contribution in [0.1, 0.15) is 22.8 Å². The van der Waals surface area contributed by atoms with Gasteiger partial charge in [0, 0.05) is 31.8 Å². The number of carbonyl (C=O) groups is 2. The Balaban J connectivity index is 1.82. The number of nitrogens with one attached hydrogen (secondary N) is 1. The maximum Gasteiger partial charge on any atom is 0.256 e. The van der Waals surface area contributed by atoms with Crippen LogP contribution in [0.5, 0.6) is 0 Å². The quantitative estimate of drug-likeness (QED) is 0.783. The van der Waals surface area contributed by atoms with Crippen LogP contribution in [0.3, 0.4) is 0 Å². The molecule has 0 bridgehead atoms. The first-order chi connectivity index (χ1) is 12.0. The maximum atomic E-state index is 12.7. The molecule has 3 aromatic carbocycles. The van der Waals surface area contributed by atoms with Gasteiger partial charge >= 0.3 is 0 Å². The zero-order chi connectivity index (χ0) is 17.8. The molecule has 0 saturated carbocycles. The van der Waals surface area contributed by atoms with Gasteiger partial charge in [-0.2, -0.15) is 0 Å². The van der Waals surface area contributed by atoms with Crippen LogP contribution in [-0.2, 0) is 11.3 Å². The zero-order valence-electron chi connectivity index (χ0n) is 14.3. The van der Waals surface area contributed by atoms with Crippen molar-refractivity contribution in [2.45, 2.75) is 13.5 Å². The van der Waals surface area contributed by atoms with Gasteiger partial charge in [-0.05, 0) is 34.5 Å². The summed E-state index contributed by atoms with van der Waals surface area (Å²) in [5, 5.41) is 4.91. The maximum absolute atomic E-state index is 12.7. The highest BCUT2D eigenvalue weighted by molar-refractivity contribution is 6.12. The zero-order valence-corrected chi connectivity index (χ0v) is 14.3. The Bertz CT molecular complexity index is 929. The van der Waals surface area contributed by atoms with Gasteiger partial charge in [0.2, 0.25) is 5.91 Å². The second-order valence-electron chi connectivity index (χ2n) is 6.06. The average Bonchev–Trinajstić information content (AvgIpc) is 2.61. The molecule has 3 rings (SSSR count). The second-order valence-corrected chi connectivity index (χ2v) is 6.06. The Hall–Kier alpha value is -3.14. The Morgan fingerprint density at radius 3 is 2.48 bits per heavy atom. The SMILES string of the molecule is CC(=O)N(C)Cc1cccc(NC(=O)c2cccc3ccccc23)c1. The van der Waals surface area contributed by atoms with Crippen LogP contribution in [0.2, 0.25) is 0 Å². The Morgan fingerprint density at radius 2 is 1.68 bits per heavy atom. The number of amides is 2. The molecule has 4 heteroatoms. The number of rotatable bonds is 4. The summed E-state index contributed by atoms with van der Waals surface area (Å²) in [5.41, 5.74) is 2.32. The van der Waals surface area contributed by atoms with E-state index in [4.69, 9.17) is 0 Å². The topological polar surface area (TPSA) is 49.4 Å². The molecule has 126 valence electrons. The summed E-state index contributed by atoms with van der Waals surface area (Å²) in [6.07, 6.45) is 0. The molecule has 0 atom stereocenters. The summed E-state index contributed by atoms with van der Waals surface area (Å²) in [6.45, 7) is 2.04. The van der Waals surface area contributed by atoms with E-state index >= 15 is 0 Å². The van der Waals surface area contributed by atoms with Crippen molar-refractivity contribution in [2.24, 2.45) is 0 Å². The van der Waals surface area contributed by atoms with Crippen molar-refractivity contribution in [3.63, 3.8) is 0 Å². The van der Waals surface area contributed by atoms with Crippen LogP contribution in [0, 0.1) is 0 Å². The van der Waals surface area contributed by atoms with Crippen LogP contribution in [-0.4, -0.2) is 23.8 Å². The fourth-order valence-electron chi connectivity index (χ4n) is 2.75. The van der Waals surface area contributed by atoms with E-state index in [-0.39, 0.29) is 11.8 Å². The van der Waals surface area contributed by atoms with Crippen LogP contribution < -0.4 is 5.32 Å². The van der Waals surface area contributed by atoms with E-state index in [1.807, 2.05) is 66.7 Å². The van der Waals surface area contributed by atoms with E-state index in [0.29, 0.717) is 17.8 Å². The average molecular weight is 332 g/mol. The lowest BCUT2D eigenvalue weighted by Gasteiger charge is -2.15. The molecule has 4 nitrogen and oxygen atoms in total.